The Labute approximate surface area is 633 Å². The topological polar surface area (TPSA) is 552 Å². The summed E-state index contributed by atoms with van der Waals surface area (Å²) in [6, 6.07) is 10.7. The van der Waals surface area contributed by atoms with E-state index >= 15 is 14.4 Å². The summed E-state index contributed by atoms with van der Waals surface area (Å²) in [7, 11) is 0. The number of carbonyl (C=O) groups excluding carboxylic acids is 14. The van der Waals surface area contributed by atoms with Crippen LogP contribution in [0.2, 0.25) is 5.02 Å². The molecule has 2 fully saturated rings. The van der Waals surface area contributed by atoms with Gasteiger partial charge >= 0.3 is 0 Å². The van der Waals surface area contributed by atoms with E-state index < -0.39 is 168 Å². The zero-order valence-electron chi connectivity index (χ0n) is 60.7. The molecule has 2 saturated heterocycles. The summed E-state index contributed by atoms with van der Waals surface area (Å²) in [5.74, 6) is -7.94. The van der Waals surface area contributed by atoms with Crippen molar-refractivity contribution < 1.29 is 67.1 Å². The number of hydrogen-bond acceptors (Lipinski definition) is 19. The van der Waals surface area contributed by atoms with Crippen molar-refractivity contribution in [3.05, 3.63) is 143 Å². The molecule has 2 aromatic heterocycles. The summed E-state index contributed by atoms with van der Waals surface area (Å²) in [4.78, 5) is 210. The van der Waals surface area contributed by atoms with Crippen molar-refractivity contribution in [1.29, 1.82) is 5.41 Å². The van der Waals surface area contributed by atoms with Crippen molar-refractivity contribution in [2.24, 2.45) is 29.0 Å². The fraction of sp³-hybridized carbons (Fsp3) is 0.438. The maximum atomic E-state index is 15.2. The molecule has 7 rings (SSSR count). The van der Waals surface area contributed by atoms with Crippen LogP contribution in [0.3, 0.4) is 0 Å². The number of likely N-dealkylation sites (tertiary alicyclic amines) is 1. The molecule has 0 aliphatic carbocycles. The number of primary amides is 1. The Morgan fingerprint density at radius 1 is 0.651 bits per heavy atom. The number of hydrazine groups is 1. The fourth-order valence-corrected chi connectivity index (χ4v) is 12.6. The third-order valence-electron chi connectivity index (χ3n) is 18.0. The molecule has 2 aliphatic heterocycles. The van der Waals surface area contributed by atoms with Crippen molar-refractivity contribution in [3.63, 3.8) is 0 Å². The summed E-state index contributed by atoms with van der Waals surface area (Å²) in [5, 5.41) is 41.4. The molecule has 5 aromatic rings. The minimum Gasteiger partial charge on any atom is -0.370 e. The maximum Gasteiger partial charge on any atom is 0.245 e. The molecule has 11 atom stereocenters. The molecule has 35 nitrogen and oxygen atoms in total. The van der Waals surface area contributed by atoms with Crippen LogP contribution in [0.4, 0.5) is 0 Å². The minimum absolute atomic E-state index is 0.00649. The molecule has 0 radical (unpaired) electrons. The van der Waals surface area contributed by atoms with E-state index in [2.05, 4.69) is 73.8 Å². The van der Waals surface area contributed by atoms with E-state index in [1.807, 2.05) is 41.8 Å². The number of guanidine groups is 1. The molecule has 0 bridgehead atoms. The molecule has 109 heavy (non-hydrogen) atoms. The highest BCUT2D eigenvalue weighted by atomic mass is 35.5. The van der Waals surface area contributed by atoms with Gasteiger partial charge in [0, 0.05) is 94.5 Å². The number of nitrogens with zero attached hydrogens (tertiary/aromatic N) is 3. The molecule has 584 valence electrons. The third kappa shape index (κ3) is 26.9. The predicted molar refractivity (Wildman–Crippen MR) is 399 cm³/mol. The van der Waals surface area contributed by atoms with Gasteiger partial charge in [0.2, 0.25) is 82.7 Å². The number of amides is 14. The van der Waals surface area contributed by atoms with Crippen molar-refractivity contribution in [2.45, 2.75) is 171 Å². The molecule has 0 spiro atoms. The van der Waals surface area contributed by atoms with Gasteiger partial charge in [-0.25, -0.2) is 5.84 Å². The Kier molecular flexibility index (Phi) is 32.6. The largest absolute Gasteiger partial charge is 0.370 e. The van der Waals surface area contributed by atoms with Gasteiger partial charge in [-0.15, -0.1) is 0 Å². The average Bonchev–Trinajstić information content (AvgIpc) is 1.74. The van der Waals surface area contributed by atoms with Gasteiger partial charge in [-0.2, -0.15) is 0 Å². The third-order valence-corrected chi connectivity index (χ3v) is 18.3. The lowest BCUT2D eigenvalue weighted by Gasteiger charge is -2.31. The molecule has 14 amide bonds. The van der Waals surface area contributed by atoms with Crippen molar-refractivity contribution in [1.82, 2.24) is 84.1 Å². The standard InChI is InChI=1S/C73H96ClN21O14/c1-40(2)31-52-65(102)87-51(72(109)95-30-10-16-59(95)71(108)93-58(38-75)62(76)99)25-29-82-63(100)49(15-9-28-83-73(77)78)85-60(97)24-23-50(64(101)91-56(69(106)88-52)36-48-14-6-7-27-81-48)86-70(107)57(37-61(98)94-79)92-68(105)55(35-44-11-8-26-80-39-44)90-67(104)54(33-42-18-21-47(74)22-19-42)89-66(103)53(84-41(3)96)34-43-17-20-45-12-4-5-13-46(45)32-43/h4-8,11-14,17-22,26-27,32,39-40,49-59H,9-10,15-16,23-25,28-31,33-38,75,79H2,1-3H3,(H2,76,99)(H,82,100)(H,84,96)(H,85,97)(H,86,107)(H,87,102)(H,88,106)(H,89,103)(H,90,104)(H,91,101)(H,92,105)(H,93,108)(H,94,98)(H4,77,78,83)/t49-,50-,51-,52-,53+,54+,55+,56+,57-,58?,59-/m0/s1. The first kappa shape index (κ1) is 84.5. The van der Waals surface area contributed by atoms with Gasteiger partial charge in [0.1, 0.15) is 66.5 Å². The molecule has 2 aliphatic rings. The Balaban J connectivity index is 1.22. The molecule has 4 heterocycles. The fourth-order valence-electron chi connectivity index (χ4n) is 12.4. The van der Waals surface area contributed by atoms with Crippen LogP contribution in [0.1, 0.15) is 101 Å². The zero-order valence-corrected chi connectivity index (χ0v) is 61.4. The predicted octanol–water partition coefficient (Wildman–Crippen LogP) is -3.15. The Morgan fingerprint density at radius 3 is 1.93 bits per heavy atom. The van der Waals surface area contributed by atoms with Crippen LogP contribution < -0.4 is 92.3 Å². The van der Waals surface area contributed by atoms with E-state index in [9.17, 15) is 52.7 Å². The molecule has 22 N–H and O–H groups in total. The van der Waals surface area contributed by atoms with Gasteiger partial charge in [-0.05, 0) is 109 Å². The number of pyridine rings is 2. The molecule has 3 aromatic carbocycles. The van der Waals surface area contributed by atoms with E-state index in [4.69, 9.17) is 40.1 Å². The smallest absolute Gasteiger partial charge is 0.245 e. The van der Waals surface area contributed by atoms with Crippen molar-refractivity contribution in [2.75, 3.05) is 26.2 Å². The summed E-state index contributed by atoms with van der Waals surface area (Å²) < 4.78 is 0. The van der Waals surface area contributed by atoms with Crippen molar-refractivity contribution in [3.8, 4) is 0 Å². The number of nitrogens with one attached hydrogen (secondary N) is 14. The summed E-state index contributed by atoms with van der Waals surface area (Å²) >= 11 is 6.25. The minimum atomic E-state index is -1.98. The second-order valence-electron chi connectivity index (χ2n) is 27.0. The lowest BCUT2D eigenvalue weighted by molar-refractivity contribution is -0.142. The van der Waals surface area contributed by atoms with E-state index in [-0.39, 0.29) is 102 Å². The van der Waals surface area contributed by atoms with Crippen LogP contribution in [-0.2, 0) is 92.8 Å². The van der Waals surface area contributed by atoms with E-state index in [0.29, 0.717) is 28.1 Å². The highest BCUT2D eigenvalue weighted by Gasteiger charge is 2.41. The van der Waals surface area contributed by atoms with Gasteiger partial charge in [-0.3, -0.25) is 87.9 Å². The highest BCUT2D eigenvalue weighted by molar-refractivity contribution is 6.30. The van der Waals surface area contributed by atoms with E-state index in [0.717, 1.165) is 10.8 Å². The molecule has 1 unspecified atom stereocenters. The van der Waals surface area contributed by atoms with Gasteiger partial charge in [0.25, 0.3) is 0 Å². The number of nitrogens with two attached hydrogens (primary N) is 4. The molecule has 36 heteroatoms. The van der Waals surface area contributed by atoms with Gasteiger partial charge in [0.15, 0.2) is 5.96 Å². The average molecular weight is 1530 g/mol. The Bertz CT molecular complexity index is 4070. The number of rotatable bonds is 30. The Morgan fingerprint density at radius 2 is 1.29 bits per heavy atom. The normalized spacial score (nSPS) is 19.4. The first-order chi connectivity index (χ1) is 52.1. The van der Waals surface area contributed by atoms with Crippen LogP contribution in [-0.4, -0.2) is 196 Å². The lowest BCUT2D eigenvalue weighted by atomic mass is 9.99. The number of aromatic nitrogens is 2. The van der Waals surface area contributed by atoms with Crippen LogP contribution in [0.25, 0.3) is 10.8 Å². The van der Waals surface area contributed by atoms with Crippen LogP contribution in [0, 0.1) is 11.3 Å². The highest BCUT2D eigenvalue weighted by Crippen LogP contribution is 2.22. The van der Waals surface area contributed by atoms with Crippen LogP contribution in [0.5, 0.6) is 0 Å². The van der Waals surface area contributed by atoms with Gasteiger partial charge in [-0.1, -0.05) is 92.2 Å². The first-order valence-electron chi connectivity index (χ1n) is 35.7. The first-order valence-corrected chi connectivity index (χ1v) is 36.1. The SMILES string of the molecule is CC(=O)N[C@H](Cc1ccc2ccccc2c1)C(=O)N[C@H](Cc1ccc(Cl)cc1)C(=O)N[C@H](Cc1cccnc1)C(=O)N[C@@H](CC(=O)NN)C(=O)N[C@H]1CCC(=O)N[C@@H](CCCNC(=N)N)C(=O)NCC[C@@H](C(=O)N2CCC[C@H]2C(=O)NC(CN)C(N)=O)NC(=O)[C@H](CC(C)C)NC(=O)[C@@H](Cc2ccccn2)NC1=O. The number of fused-ring (bicyclic) bond motifs is 1. The number of halogens is 1. The maximum absolute atomic E-state index is 15.2. The Hall–Kier alpha value is -11.7. The quantitative estimate of drug-likeness (QED) is 0.00539. The number of carbonyl (C=O) groups is 14. The summed E-state index contributed by atoms with van der Waals surface area (Å²) in [6.07, 6.45) is 1.24. The van der Waals surface area contributed by atoms with Gasteiger partial charge < -0.3 is 85.9 Å². The molecule has 0 saturated carbocycles. The van der Waals surface area contributed by atoms with Crippen molar-refractivity contribution >= 4 is 111 Å². The lowest BCUT2D eigenvalue weighted by Crippen LogP contribution is -2.61. The summed E-state index contributed by atoms with van der Waals surface area (Å²) in [5.41, 5.74) is 20.4. The second kappa shape index (κ2) is 42.0. The zero-order chi connectivity index (χ0) is 79.3. The van der Waals surface area contributed by atoms with Gasteiger partial charge in [0.05, 0.1) is 6.42 Å². The molecular weight excluding hydrogens is 1430 g/mol. The second-order valence-corrected chi connectivity index (χ2v) is 27.4. The van der Waals surface area contributed by atoms with Crippen LogP contribution in [0.15, 0.2) is 116 Å². The summed E-state index contributed by atoms with van der Waals surface area (Å²) in [6.45, 7) is 4.11. The van der Waals surface area contributed by atoms with Crippen LogP contribution >= 0.6 is 11.6 Å². The van der Waals surface area contributed by atoms with E-state index in [1.165, 1.54) is 36.5 Å². The number of benzene rings is 3. The van der Waals surface area contributed by atoms with E-state index in [1.54, 1.807) is 68.4 Å². The monoisotopic (exact) mass is 1530 g/mol. The number of hydrogen-bond donors (Lipinski definition) is 18. The molecular formula is C73H96ClN21O14.